The molecule has 0 aromatic carbocycles. The van der Waals surface area contributed by atoms with Crippen LogP contribution in [0.25, 0.3) is 0 Å². The molecule has 0 bridgehead atoms. The van der Waals surface area contributed by atoms with Gasteiger partial charge in [-0.25, -0.2) is 8.42 Å². The second kappa shape index (κ2) is 3.11. The summed E-state index contributed by atoms with van der Waals surface area (Å²) in [6.07, 6.45) is 3.48. The van der Waals surface area contributed by atoms with E-state index in [1.54, 1.807) is 0 Å². The molecule has 3 nitrogen and oxygen atoms in total. The van der Waals surface area contributed by atoms with Crippen LogP contribution >= 0.6 is 0 Å². The first kappa shape index (κ1) is 9.00. The molecule has 1 aliphatic rings. The molecule has 1 N–H and O–H groups in total. The fourth-order valence-corrected chi connectivity index (χ4v) is 2.71. The molecule has 2 atom stereocenters. The van der Waals surface area contributed by atoms with Crippen molar-refractivity contribution < 1.29 is 8.42 Å². The molecule has 0 radical (unpaired) electrons. The highest BCUT2D eigenvalue weighted by Gasteiger charge is 2.31. The smallest absolute Gasteiger partial charge is 0.147 e. The van der Waals surface area contributed by atoms with E-state index in [0.29, 0.717) is 17.7 Å². The van der Waals surface area contributed by atoms with Gasteiger partial charge < -0.3 is 5.32 Å². The van der Waals surface area contributed by atoms with Crippen LogP contribution in [0.1, 0.15) is 12.8 Å². The van der Waals surface area contributed by atoms with Gasteiger partial charge in [0.05, 0.1) is 5.75 Å². The van der Waals surface area contributed by atoms with Crippen molar-refractivity contribution in [2.75, 3.05) is 19.1 Å². The molecule has 0 saturated heterocycles. The van der Waals surface area contributed by atoms with E-state index in [1.807, 2.05) is 7.05 Å². The summed E-state index contributed by atoms with van der Waals surface area (Å²) in [5, 5.41) is 3.11. The molecule has 0 heterocycles. The Morgan fingerprint density at radius 2 is 2.09 bits per heavy atom. The Bertz CT molecular complexity index is 221. The SMILES string of the molecule is CN[C@@H]1CC[C@H]1CS(C)(=O)=O. The Kier molecular flexibility index (Phi) is 2.54. The van der Waals surface area contributed by atoms with Crippen LogP contribution in [0.5, 0.6) is 0 Å². The van der Waals surface area contributed by atoms with E-state index in [4.69, 9.17) is 0 Å². The first-order valence-electron chi connectivity index (χ1n) is 3.88. The van der Waals surface area contributed by atoms with E-state index in [2.05, 4.69) is 5.32 Å². The lowest BCUT2D eigenvalue weighted by Gasteiger charge is -2.35. The molecule has 0 aliphatic heterocycles. The van der Waals surface area contributed by atoms with Crippen molar-refractivity contribution in [3.63, 3.8) is 0 Å². The summed E-state index contributed by atoms with van der Waals surface area (Å²) in [6, 6.07) is 0.435. The average Bonchev–Trinajstić information content (AvgIpc) is 1.80. The quantitative estimate of drug-likeness (QED) is 0.661. The summed E-state index contributed by atoms with van der Waals surface area (Å²) < 4.78 is 21.7. The first-order chi connectivity index (χ1) is 5.03. The third-order valence-corrected chi connectivity index (χ3v) is 3.34. The molecule has 1 rings (SSSR count). The molecular formula is C7H15NO2S. The van der Waals surface area contributed by atoms with Gasteiger partial charge in [-0.2, -0.15) is 0 Å². The molecule has 0 aromatic rings. The lowest BCUT2D eigenvalue weighted by Crippen LogP contribution is -2.45. The zero-order chi connectivity index (χ0) is 8.48. The first-order valence-corrected chi connectivity index (χ1v) is 5.94. The molecular weight excluding hydrogens is 162 g/mol. The molecule has 0 unspecified atom stereocenters. The van der Waals surface area contributed by atoms with Gasteiger partial charge >= 0.3 is 0 Å². The molecule has 1 saturated carbocycles. The van der Waals surface area contributed by atoms with E-state index in [-0.39, 0.29) is 0 Å². The van der Waals surface area contributed by atoms with Crippen LogP contribution in [-0.2, 0) is 9.84 Å². The zero-order valence-electron chi connectivity index (χ0n) is 7.00. The number of sulfone groups is 1. The van der Waals surface area contributed by atoms with Gasteiger partial charge in [-0.1, -0.05) is 0 Å². The van der Waals surface area contributed by atoms with Crippen molar-refractivity contribution in [2.24, 2.45) is 5.92 Å². The molecule has 0 spiro atoms. The lowest BCUT2D eigenvalue weighted by molar-refractivity contribution is 0.245. The summed E-state index contributed by atoms with van der Waals surface area (Å²) in [5.41, 5.74) is 0. The third-order valence-electron chi connectivity index (χ3n) is 2.31. The van der Waals surface area contributed by atoms with Gasteiger partial charge in [0.2, 0.25) is 0 Å². The van der Waals surface area contributed by atoms with Crippen molar-refractivity contribution in [1.29, 1.82) is 0 Å². The average molecular weight is 177 g/mol. The van der Waals surface area contributed by atoms with Crippen LogP contribution in [0.2, 0.25) is 0 Å². The van der Waals surface area contributed by atoms with Crippen molar-refractivity contribution in [3.05, 3.63) is 0 Å². The predicted molar refractivity (Wildman–Crippen MR) is 45.3 cm³/mol. The van der Waals surface area contributed by atoms with Crippen LogP contribution in [0, 0.1) is 5.92 Å². The van der Waals surface area contributed by atoms with Crippen molar-refractivity contribution in [1.82, 2.24) is 5.32 Å². The molecule has 4 heteroatoms. The highest BCUT2D eigenvalue weighted by molar-refractivity contribution is 7.90. The standard InChI is InChI=1S/C7H15NO2S/c1-8-7-4-3-6(7)5-11(2,9)10/h6-8H,3-5H2,1-2H3/t6-,7+/m0/s1. The Hall–Kier alpha value is -0.0900. The number of nitrogens with one attached hydrogen (secondary N) is 1. The van der Waals surface area contributed by atoms with Crippen LogP contribution in [0.4, 0.5) is 0 Å². The summed E-state index contributed by atoms with van der Waals surface area (Å²) in [5.74, 6) is 0.702. The minimum absolute atomic E-state index is 0.346. The maximum absolute atomic E-state index is 10.9. The van der Waals surface area contributed by atoms with Gasteiger partial charge in [-0.15, -0.1) is 0 Å². The maximum atomic E-state index is 10.9. The Balaban J connectivity index is 2.40. The fourth-order valence-electron chi connectivity index (χ4n) is 1.54. The minimum atomic E-state index is -2.77. The summed E-state index contributed by atoms with van der Waals surface area (Å²) in [4.78, 5) is 0. The Labute approximate surface area is 68.1 Å². The van der Waals surface area contributed by atoms with E-state index >= 15 is 0 Å². The van der Waals surface area contributed by atoms with Crippen LogP contribution in [0.3, 0.4) is 0 Å². The molecule has 1 aliphatic carbocycles. The number of hydrogen-bond acceptors (Lipinski definition) is 3. The van der Waals surface area contributed by atoms with Gasteiger partial charge in [-0.05, 0) is 25.8 Å². The van der Waals surface area contributed by atoms with E-state index in [9.17, 15) is 8.42 Å². The van der Waals surface area contributed by atoms with Crippen molar-refractivity contribution >= 4 is 9.84 Å². The van der Waals surface area contributed by atoms with Crippen molar-refractivity contribution in [2.45, 2.75) is 18.9 Å². The van der Waals surface area contributed by atoms with Crippen molar-refractivity contribution in [3.8, 4) is 0 Å². The summed E-state index contributed by atoms with van der Waals surface area (Å²) in [6.45, 7) is 0. The second-order valence-electron chi connectivity index (χ2n) is 3.33. The van der Waals surface area contributed by atoms with Gasteiger partial charge in [-0.3, -0.25) is 0 Å². The zero-order valence-corrected chi connectivity index (χ0v) is 7.82. The monoisotopic (exact) mass is 177 g/mol. The molecule has 1 fully saturated rings. The molecule has 0 aromatic heterocycles. The van der Waals surface area contributed by atoms with E-state index < -0.39 is 9.84 Å². The fraction of sp³-hybridized carbons (Fsp3) is 1.00. The lowest BCUT2D eigenvalue weighted by atomic mass is 9.81. The molecule has 11 heavy (non-hydrogen) atoms. The van der Waals surface area contributed by atoms with E-state index in [0.717, 1.165) is 12.8 Å². The summed E-state index contributed by atoms with van der Waals surface area (Å²) in [7, 11) is -0.879. The van der Waals surface area contributed by atoms with Gasteiger partial charge in [0.15, 0.2) is 0 Å². The predicted octanol–water partition coefficient (Wildman–Crippen LogP) is 0.0290. The van der Waals surface area contributed by atoms with Crippen LogP contribution < -0.4 is 5.32 Å². The number of rotatable bonds is 3. The Morgan fingerprint density at radius 3 is 2.36 bits per heavy atom. The Morgan fingerprint density at radius 1 is 1.45 bits per heavy atom. The van der Waals surface area contributed by atoms with E-state index in [1.165, 1.54) is 6.26 Å². The van der Waals surface area contributed by atoms with Crippen LogP contribution in [0.15, 0.2) is 0 Å². The second-order valence-corrected chi connectivity index (χ2v) is 5.51. The topological polar surface area (TPSA) is 46.2 Å². The largest absolute Gasteiger partial charge is 0.317 e. The van der Waals surface area contributed by atoms with Crippen LogP contribution in [-0.4, -0.2) is 33.5 Å². The molecule has 66 valence electrons. The van der Waals surface area contributed by atoms with Gasteiger partial charge in [0.25, 0.3) is 0 Å². The highest BCUT2D eigenvalue weighted by atomic mass is 32.2. The number of hydrogen-bond donors (Lipinski definition) is 1. The maximum Gasteiger partial charge on any atom is 0.147 e. The van der Waals surface area contributed by atoms with Gasteiger partial charge in [0.1, 0.15) is 9.84 Å². The summed E-state index contributed by atoms with van der Waals surface area (Å²) >= 11 is 0. The highest BCUT2D eigenvalue weighted by Crippen LogP contribution is 2.27. The molecule has 0 amide bonds. The van der Waals surface area contributed by atoms with Gasteiger partial charge in [0, 0.05) is 12.3 Å². The minimum Gasteiger partial charge on any atom is -0.317 e. The normalized spacial score (nSPS) is 31.5. The third kappa shape index (κ3) is 2.45.